The van der Waals surface area contributed by atoms with Crippen molar-refractivity contribution in [2.45, 2.75) is 46.1 Å². The lowest BCUT2D eigenvalue weighted by Crippen LogP contribution is -2.28. The first-order valence-corrected chi connectivity index (χ1v) is 9.28. The molecule has 0 saturated carbocycles. The van der Waals surface area contributed by atoms with Crippen LogP contribution >= 0.6 is 0 Å². The van der Waals surface area contributed by atoms with Gasteiger partial charge in [0.15, 0.2) is 0 Å². The van der Waals surface area contributed by atoms with Crippen molar-refractivity contribution in [2.75, 3.05) is 11.4 Å². The summed E-state index contributed by atoms with van der Waals surface area (Å²) in [6.45, 7) is 7.01. The molecule has 4 nitrogen and oxygen atoms in total. The van der Waals surface area contributed by atoms with Crippen LogP contribution in [0.15, 0.2) is 42.5 Å². The topological polar surface area (TPSA) is 49.4 Å². The van der Waals surface area contributed by atoms with Crippen LogP contribution in [0.4, 0.5) is 5.69 Å². The van der Waals surface area contributed by atoms with Crippen LogP contribution in [0.2, 0.25) is 0 Å². The van der Waals surface area contributed by atoms with Gasteiger partial charge in [0.25, 0.3) is 5.91 Å². The summed E-state index contributed by atoms with van der Waals surface area (Å²) in [5.41, 5.74) is 5.09. The fraction of sp³-hybridized carbons (Fsp3) is 0.364. The highest BCUT2D eigenvalue weighted by Crippen LogP contribution is 2.23. The molecule has 3 rings (SSSR count). The molecular weight excluding hydrogens is 324 g/mol. The summed E-state index contributed by atoms with van der Waals surface area (Å²) < 4.78 is 0. The van der Waals surface area contributed by atoms with Gasteiger partial charge in [-0.1, -0.05) is 25.1 Å². The number of benzene rings is 2. The van der Waals surface area contributed by atoms with Gasteiger partial charge >= 0.3 is 0 Å². The molecule has 0 unspecified atom stereocenters. The minimum Gasteiger partial charge on any atom is -0.345 e. The summed E-state index contributed by atoms with van der Waals surface area (Å²) in [6.07, 6.45) is 2.33. The molecule has 1 saturated heterocycles. The third kappa shape index (κ3) is 3.79. The van der Waals surface area contributed by atoms with E-state index in [1.165, 1.54) is 11.1 Å². The van der Waals surface area contributed by atoms with Gasteiger partial charge in [-0.25, -0.2) is 0 Å². The molecule has 1 N–H and O–H groups in total. The SMILES string of the molecule is CC[C@@H](NC(=O)c1ccc(N2CCCC2=O)cc1)c1ccc(C)c(C)c1. The number of aryl methyl sites for hydroxylation is 2. The number of anilines is 1. The van der Waals surface area contributed by atoms with Crippen molar-refractivity contribution in [1.29, 1.82) is 0 Å². The average molecular weight is 350 g/mol. The fourth-order valence-corrected chi connectivity index (χ4v) is 3.36. The van der Waals surface area contributed by atoms with Gasteiger partial charge in [-0.2, -0.15) is 0 Å². The van der Waals surface area contributed by atoms with E-state index in [1.807, 2.05) is 12.1 Å². The van der Waals surface area contributed by atoms with E-state index in [0.29, 0.717) is 12.0 Å². The predicted molar refractivity (Wildman–Crippen MR) is 104 cm³/mol. The molecular formula is C22H26N2O2. The van der Waals surface area contributed by atoms with Crippen molar-refractivity contribution >= 4 is 17.5 Å². The molecule has 1 atom stereocenters. The Balaban J connectivity index is 1.71. The molecule has 2 amide bonds. The van der Waals surface area contributed by atoms with Crippen molar-refractivity contribution in [1.82, 2.24) is 5.32 Å². The molecule has 26 heavy (non-hydrogen) atoms. The third-order valence-corrected chi connectivity index (χ3v) is 5.16. The van der Waals surface area contributed by atoms with E-state index in [0.717, 1.165) is 30.6 Å². The first kappa shape index (κ1) is 18.2. The number of amides is 2. The lowest BCUT2D eigenvalue weighted by atomic mass is 9.99. The Morgan fingerprint density at radius 3 is 2.42 bits per heavy atom. The van der Waals surface area contributed by atoms with Crippen LogP contribution in [-0.2, 0) is 4.79 Å². The molecule has 0 aromatic heterocycles. The highest BCUT2D eigenvalue weighted by molar-refractivity contribution is 5.97. The first-order valence-electron chi connectivity index (χ1n) is 9.28. The van der Waals surface area contributed by atoms with E-state index in [4.69, 9.17) is 0 Å². The monoisotopic (exact) mass is 350 g/mol. The van der Waals surface area contributed by atoms with Gasteiger partial charge in [0.1, 0.15) is 0 Å². The van der Waals surface area contributed by atoms with Gasteiger partial charge in [0.05, 0.1) is 6.04 Å². The normalized spacial score (nSPS) is 15.2. The highest BCUT2D eigenvalue weighted by atomic mass is 16.2. The minimum absolute atomic E-state index is 0.0124. The number of hydrogen-bond donors (Lipinski definition) is 1. The second-order valence-corrected chi connectivity index (χ2v) is 6.97. The van der Waals surface area contributed by atoms with E-state index in [-0.39, 0.29) is 17.9 Å². The predicted octanol–water partition coefficient (Wildman–Crippen LogP) is 4.31. The van der Waals surface area contributed by atoms with Crippen molar-refractivity contribution in [3.63, 3.8) is 0 Å². The Morgan fingerprint density at radius 2 is 1.85 bits per heavy atom. The Bertz CT molecular complexity index is 811. The first-order chi connectivity index (χ1) is 12.5. The number of nitrogens with one attached hydrogen (secondary N) is 1. The zero-order valence-corrected chi connectivity index (χ0v) is 15.7. The van der Waals surface area contributed by atoms with E-state index in [9.17, 15) is 9.59 Å². The van der Waals surface area contributed by atoms with Crippen LogP contribution in [0.1, 0.15) is 59.3 Å². The summed E-state index contributed by atoms with van der Waals surface area (Å²) in [5.74, 6) is 0.0670. The van der Waals surface area contributed by atoms with Crippen LogP contribution < -0.4 is 10.2 Å². The number of rotatable bonds is 5. The standard InChI is InChI=1S/C22H26N2O2/c1-4-20(18-8-7-15(2)16(3)14-18)23-22(26)17-9-11-19(12-10-17)24-13-5-6-21(24)25/h7-12,14,20H,4-6,13H2,1-3H3,(H,23,26)/t20-/m1/s1. The zero-order chi connectivity index (χ0) is 18.7. The Hall–Kier alpha value is -2.62. The lowest BCUT2D eigenvalue weighted by molar-refractivity contribution is -0.117. The van der Waals surface area contributed by atoms with Crippen molar-refractivity contribution in [3.05, 3.63) is 64.7 Å². The second-order valence-electron chi connectivity index (χ2n) is 6.97. The molecule has 1 aliphatic rings. The van der Waals surface area contributed by atoms with Gasteiger partial charge in [-0.05, 0) is 67.6 Å². The molecule has 136 valence electrons. The van der Waals surface area contributed by atoms with Gasteiger partial charge < -0.3 is 10.2 Å². The third-order valence-electron chi connectivity index (χ3n) is 5.16. The fourth-order valence-electron chi connectivity index (χ4n) is 3.36. The molecule has 0 bridgehead atoms. The molecule has 2 aromatic carbocycles. The van der Waals surface area contributed by atoms with E-state index in [1.54, 1.807) is 17.0 Å². The van der Waals surface area contributed by atoms with Crippen LogP contribution in [0.25, 0.3) is 0 Å². The van der Waals surface area contributed by atoms with E-state index < -0.39 is 0 Å². The summed E-state index contributed by atoms with van der Waals surface area (Å²) in [5, 5.41) is 3.12. The smallest absolute Gasteiger partial charge is 0.251 e. The second kappa shape index (κ2) is 7.73. The maximum atomic E-state index is 12.6. The van der Waals surface area contributed by atoms with Crippen LogP contribution in [0.3, 0.4) is 0 Å². The molecule has 0 spiro atoms. The zero-order valence-electron chi connectivity index (χ0n) is 15.7. The highest BCUT2D eigenvalue weighted by Gasteiger charge is 2.22. The summed E-state index contributed by atoms with van der Waals surface area (Å²) in [6, 6.07) is 13.6. The van der Waals surface area contributed by atoms with Crippen molar-refractivity contribution in [2.24, 2.45) is 0 Å². The molecule has 1 aliphatic heterocycles. The molecule has 0 aliphatic carbocycles. The number of carbonyl (C=O) groups is 2. The van der Waals surface area contributed by atoms with E-state index >= 15 is 0 Å². The molecule has 1 heterocycles. The number of nitrogens with zero attached hydrogens (tertiary/aromatic N) is 1. The number of hydrogen-bond acceptors (Lipinski definition) is 2. The van der Waals surface area contributed by atoms with E-state index in [2.05, 4.69) is 44.3 Å². The molecule has 4 heteroatoms. The summed E-state index contributed by atoms with van der Waals surface area (Å²) >= 11 is 0. The van der Waals surface area contributed by atoms with Gasteiger partial charge in [0.2, 0.25) is 5.91 Å². The lowest BCUT2D eigenvalue weighted by Gasteiger charge is -2.19. The largest absolute Gasteiger partial charge is 0.345 e. The molecule has 1 fully saturated rings. The van der Waals surface area contributed by atoms with Gasteiger partial charge in [-0.3, -0.25) is 9.59 Å². The van der Waals surface area contributed by atoms with Gasteiger partial charge in [-0.15, -0.1) is 0 Å². The van der Waals surface area contributed by atoms with Crippen LogP contribution in [0, 0.1) is 13.8 Å². The number of carbonyl (C=O) groups excluding carboxylic acids is 2. The molecule has 0 radical (unpaired) electrons. The Labute approximate surface area is 155 Å². The Kier molecular flexibility index (Phi) is 5.40. The van der Waals surface area contributed by atoms with Gasteiger partial charge in [0, 0.05) is 24.2 Å². The van der Waals surface area contributed by atoms with Crippen LogP contribution in [-0.4, -0.2) is 18.4 Å². The quantitative estimate of drug-likeness (QED) is 0.873. The maximum absolute atomic E-state index is 12.6. The summed E-state index contributed by atoms with van der Waals surface area (Å²) in [4.78, 5) is 26.3. The van der Waals surface area contributed by atoms with Crippen molar-refractivity contribution < 1.29 is 9.59 Å². The minimum atomic E-state index is -0.0885. The molecule has 2 aromatic rings. The maximum Gasteiger partial charge on any atom is 0.251 e. The van der Waals surface area contributed by atoms with Crippen LogP contribution in [0.5, 0.6) is 0 Å². The summed E-state index contributed by atoms with van der Waals surface area (Å²) in [7, 11) is 0. The average Bonchev–Trinajstić information content (AvgIpc) is 3.08. The van der Waals surface area contributed by atoms with Crippen molar-refractivity contribution in [3.8, 4) is 0 Å². The Morgan fingerprint density at radius 1 is 1.12 bits per heavy atom.